The van der Waals surface area contributed by atoms with E-state index in [-0.39, 0.29) is 5.56 Å². The minimum atomic E-state index is 0.211. The number of piperidine rings is 1. The van der Waals surface area contributed by atoms with E-state index in [2.05, 4.69) is 50.8 Å². The summed E-state index contributed by atoms with van der Waals surface area (Å²) in [5.41, 5.74) is 4.69. The highest BCUT2D eigenvalue weighted by atomic mass is 16.5. The molecular formula is C29H39N3O2. The van der Waals surface area contributed by atoms with Crippen molar-refractivity contribution >= 4 is 0 Å². The summed E-state index contributed by atoms with van der Waals surface area (Å²) >= 11 is 0. The van der Waals surface area contributed by atoms with Crippen LogP contribution in [0.15, 0.2) is 41.2 Å². The number of hydrogen-bond donors (Lipinski definition) is 0. The molecule has 3 aliphatic heterocycles. The monoisotopic (exact) mass is 461 g/mol. The Morgan fingerprint density at radius 1 is 0.853 bits per heavy atom. The van der Waals surface area contributed by atoms with Gasteiger partial charge in [-0.25, -0.2) is 0 Å². The van der Waals surface area contributed by atoms with E-state index in [4.69, 9.17) is 4.74 Å². The summed E-state index contributed by atoms with van der Waals surface area (Å²) in [5.74, 6) is 1.99. The third-order valence-corrected chi connectivity index (χ3v) is 8.73. The van der Waals surface area contributed by atoms with Gasteiger partial charge >= 0.3 is 0 Å². The normalized spacial score (nSPS) is 26.4. The molecular weight excluding hydrogens is 422 g/mol. The number of rotatable bonds is 5. The molecule has 1 aromatic carbocycles. The maximum absolute atomic E-state index is 13.8. The van der Waals surface area contributed by atoms with Crippen LogP contribution >= 0.6 is 0 Å². The average molecular weight is 462 g/mol. The summed E-state index contributed by atoms with van der Waals surface area (Å²) in [7, 11) is 0. The van der Waals surface area contributed by atoms with Gasteiger partial charge in [0.2, 0.25) is 0 Å². The lowest BCUT2D eigenvalue weighted by Crippen LogP contribution is -2.48. The van der Waals surface area contributed by atoms with E-state index in [1.807, 2.05) is 0 Å². The molecule has 6 rings (SSSR count). The Kier molecular flexibility index (Phi) is 6.60. The molecule has 2 unspecified atom stereocenters. The molecule has 0 radical (unpaired) electrons. The Labute approximate surface area is 203 Å². The maximum atomic E-state index is 13.8. The van der Waals surface area contributed by atoms with E-state index in [0.717, 1.165) is 69.5 Å². The molecule has 34 heavy (non-hydrogen) atoms. The van der Waals surface area contributed by atoms with E-state index in [1.54, 1.807) is 0 Å². The van der Waals surface area contributed by atoms with E-state index in [0.29, 0.717) is 11.8 Å². The number of pyridine rings is 1. The molecule has 4 aliphatic rings. The van der Waals surface area contributed by atoms with Crippen LogP contribution in [0.4, 0.5) is 0 Å². The molecule has 2 saturated heterocycles. The first-order valence-electron chi connectivity index (χ1n) is 13.6. The molecule has 5 nitrogen and oxygen atoms in total. The van der Waals surface area contributed by atoms with Gasteiger partial charge in [-0.3, -0.25) is 9.69 Å². The number of hydrogen-bond acceptors (Lipinski definition) is 4. The standard InChI is InChI=1S/C29H39N3O2/c33-29-27(26-9-5-4-8-24(26)20-30-12-14-34-15-13-30)10-11-28-25-16-23(19-32(28)29)18-31(21-25)17-22-6-2-1-3-7-22/h4-5,8-11,22-23,25H,1-3,6-7,12-21H2. The minimum absolute atomic E-state index is 0.211. The van der Waals surface area contributed by atoms with Crippen LogP contribution in [-0.2, 0) is 17.8 Å². The van der Waals surface area contributed by atoms with E-state index >= 15 is 0 Å². The van der Waals surface area contributed by atoms with Crippen LogP contribution in [0.3, 0.4) is 0 Å². The van der Waals surface area contributed by atoms with Crippen LogP contribution in [-0.4, -0.2) is 60.3 Å². The van der Waals surface area contributed by atoms with Crippen LogP contribution in [0.5, 0.6) is 0 Å². The molecule has 3 fully saturated rings. The summed E-state index contributed by atoms with van der Waals surface area (Å²) in [5, 5.41) is 0. The summed E-state index contributed by atoms with van der Waals surface area (Å²) < 4.78 is 7.66. The van der Waals surface area contributed by atoms with Crippen molar-refractivity contribution in [2.75, 3.05) is 45.9 Å². The largest absolute Gasteiger partial charge is 0.379 e. The van der Waals surface area contributed by atoms with Crippen molar-refractivity contribution in [1.29, 1.82) is 0 Å². The highest BCUT2D eigenvalue weighted by Crippen LogP contribution is 2.37. The van der Waals surface area contributed by atoms with Crippen LogP contribution in [0.2, 0.25) is 0 Å². The van der Waals surface area contributed by atoms with Gasteiger partial charge in [0.15, 0.2) is 0 Å². The molecule has 0 N–H and O–H groups in total. The zero-order valence-electron chi connectivity index (χ0n) is 20.5. The number of ether oxygens (including phenoxy) is 1. The molecule has 0 amide bonds. The Hall–Kier alpha value is -1.95. The highest BCUT2D eigenvalue weighted by Gasteiger charge is 2.35. The topological polar surface area (TPSA) is 37.7 Å². The number of fused-ring (bicyclic) bond motifs is 4. The number of benzene rings is 1. The van der Waals surface area contributed by atoms with Gasteiger partial charge in [-0.2, -0.15) is 0 Å². The quantitative estimate of drug-likeness (QED) is 0.664. The Morgan fingerprint density at radius 2 is 1.68 bits per heavy atom. The first-order chi connectivity index (χ1) is 16.7. The van der Waals surface area contributed by atoms with Crippen LogP contribution in [0, 0.1) is 11.8 Å². The van der Waals surface area contributed by atoms with Crippen molar-refractivity contribution in [2.45, 2.75) is 57.5 Å². The predicted octanol–water partition coefficient (Wildman–Crippen LogP) is 4.35. The Bertz CT molecular complexity index is 1050. The molecule has 5 heteroatoms. The molecule has 1 aliphatic carbocycles. The minimum Gasteiger partial charge on any atom is -0.379 e. The first-order valence-corrected chi connectivity index (χ1v) is 13.6. The third-order valence-electron chi connectivity index (χ3n) is 8.73. The van der Waals surface area contributed by atoms with Gasteiger partial charge in [0.05, 0.1) is 13.2 Å². The van der Waals surface area contributed by atoms with Gasteiger partial charge in [-0.1, -0.05) is 43.5 Å². The van der Waals surface area contributed by atoms with Crippen LogP contribution < -0.4 is 5.56 Å². The zero-order chi connectivity index (χ0) is 22.9. The molecule has 1 aromatic heterocycles. The summed E-state index contributed by atoms with van der Waals surface area (Å²) in [6, 6.07) is 12.9. The van der Waals surface area contributed by atoms with Gasteiger partial charge < -0.3 is 14.2 Å². The van der Waals surface area contributed by atoms with Gasteiger partial charge in [-0.15, -0.1) is 0 Å². The fraction of sp³-hybridized carbons (Fsp3) is 0.621. The number of likely N-dealkylation sites (tertiary alicyclic amines) is 1. The van der Waals surface area contributed by atoms with Gasteiger partial charge in [0.1, 0.15) is 0 Å². The highest BCUT2D eigenvalue weighted by molar-refractivity contribution is 5.66. The van der Waals surface area contributed by atoms with E-state index in [1.165, 1.54) is 56.3 Å². The van der Waals surface area contributed by atoms with Crippen molar-refractivity contribution < 1.29 is 4.74 Å². The average Bonchev–Trinajstić information content (AvgIpc) is 2.87. The zero-order valence-corrected chi connectivity index (χ0v) is 20.5. The third kappa shape index (κ3) is 4.62. The first kappa shape index (κ1) is 22.5. The van der Waals surface area contributed by atoms with Crippen molar-refractivity contribution in [1.82, 2.24) is 14.4 Å². The number of nitrogens with zero attached hydrogens (tertiary/aromatic N) is 3. The van der Waals surface area contributed by atoms with Crippen molar-refractivity contribution in [3.63, 3.8) is 0 Å². The van der Waals surface area contributed by atoms with E-state index < -0.39 is 0 Å². The Balaban J connectivity index is 1.24. The van der Waals surface area contributed by atoms with Gasteiger partial charge in [0, 0.05) is 63.0 Å². The lowest BCUT2D eigenvalue weighted by molar-refractivity contribution is 0.0342. The second kappa shape index (κ2) is 9.96. The Morgan fingerprint density at radius 3 is 2.53 bits per heavy atom. The fourth-order valence-electron chi connectivity index (χ4n) is 7.05. The van der Waals surface area contributed by atoms with E-state index in [9.17, 15) is 4.79 Å². The van der Waals surface area contributed by atoms with Crippen molar-refractivity contribution in [3.8, 4) is 11.1 Å². The molecule has 182 valence electrons. The second-order valence-corrected chi connectivity index (χ2v) is 11.2. The number of aromatic nitrogens is 1. The molecule has 0 spiro atoms. The summed E-state index contributed by atoms with van der Waals surface area (Å²) in [4.78, 5) is 19.0. The summed E-state index contributed by atoms with van der Waals surface area (Å²) in [6.45, 7) is 8.82. The van der Waals surface area contributed by atoms with Gasteiger partial charge in [0.25, 0.3) is 5.56 Å². The molecule has 1 saturated carbocycles. The van der Waals surface area contributed by atoms with Crippen molar-refractivity contribution in [2.24, 2.45) is 11.8 Å². The lowest BCUT2D eigenvalue weighted by atomic mass is 9.81. The molecule has 2 atom stereocenters. The maximum Gasteiger partial charge on any atom is 0.258 e. The molecule has 4 heterocycles. The molecule has 2 aromatic rings. The number of morpholine rings is 1. The SMILES string of the molecule is O=c1c(-c2ccccc2CN2CCOCC2)ccc2n1CC1CC2CN(CC2CCCCC2)C1. The van der Waals surface area contributed by atoms with Gasteiger partial charge in [-0.05, 0) is 54.4 Å². The second-order valence-electron chi connectivity index (χ2n) is 11.2. The van der Waals surface area contributed by atoms with Crippen molar-refractivity contribution in [3.05, 3.63) is 58.0 Å². The molecule has 2 bridgehead atoms. The smallest absolute Gasteiger partial charge is 0.258 e. The van der Waals surface area contributed by atoms with Crippen LogP contribution in [0.1, 0.15) is 55.7 Å². The van der Waals surface area contributed by atoms with Crippen LogP contribution in [0.25, 0.3) is 11.1 Å². The fourth-order valence-corrected chi connectivity index (χ4v) is 7.05. The summed E-state index contributed by atoms with van der Waals surface area (Å²) in [6.07, 6.45) is 8.33. The lowest BCUT2D eigenvalue weighted by Gasteiger charge is -2.44. The predicted molar refractivity (Wildman–Crippen MR) is 136 cm³/mol.